The molecule has 5 rings (SSSR count). The first-order valence-electron chi connectivity index (χ1n) is 10.1. The molecule has 9 heteroatoms. The van der Waals surface area contributed by atoms with E-state index in [-0.39, 0.29) is 0 Å². The molecule has 2 fully saturated rings. The normalized spacial score (nSPS) is 22.1. The van der Waals surface area contributed by atoms with E-state index in [0.717, 1.165) is 49.0 Å². The summed E-state index contributed by atoms with van der Waals surface area (Å²) < 4.78 is 3.80. The molecule has 0 unspecified atom stereocenters. The molecule has 2 aliphatic heterocycles. The van der Waals surface area contributed by atoms with E-state index < -0.39 is 0 Å². The summed E-state index contributed by atoms with van der Waals surface area (Å²) in [5.41, 5.74) is 3.16. The van der Waals surface area contributed by atoms with Gasteiger partial charge in [0.1, 0.15) is 11.4 Å². The summed E-state index contributed by atoms with van der Waals surface area (Å²) in [5.74, 6) is 0. The number of nitrogens with zero attached hydrogens (tertiary/aromatic N) is 7. The smallest absolute Gasteiger partial charge is 0.131 e. The van der Waals surface area contributed by atoms with Crippen LogP contribution in [0.4, 0.5) is 0 Å². The van der Waals surface area contributed by atoms with Crippen molar-refractivity contribution in [1.29, 1.82) is 0 Å². The lowest BCUT2D eigenvalue weighted by Gasteiger charge is -2.08. The predicted octanol–water partition coefficient (Wildman–Crippen LogP) is 1.10. The lowest BCUT2D eigenvalue weighted by atomic mass is 10.2. The molecule has 0 amide bonds. The van der Waals surface area contributed by atoms with Crippen LogP contribution in [0.3, 0.4) is 0 Å². The van der Waals surface area contributed by atoms with Crippen LogP contribution < -0.4 is 10.6 Å². The number of rotatable bonds is 6. The Kier molecular flexibility index (Phi) is 4.84. The van der Waals surface area contributed by atoms with Crippen molar-refractivity contribution in [3.05, 3.63) is 30.6 Å². The molecule has 28 heavy (non-hydrogen) atoms. The summed E-state index contributed by atoms with van der Waals surface area (Å²) in [6.45, 7) is 3.87. The Morgan fingerprint density at radius 2 is 1.32 bits per heavy atom. The van der Waals surface area contributed by atoms with Crippen molar-refractivity contribution in [1.82, 2.24) is 45.6 Å². The first kappa shape index (κ1) is 17.4. The molecule has 0 saturated carbocycles. The molecule has 0 spiro atoms. The van der Waals surface area contributed by atoms with E-state index in [1.54, 1.807) is 0 Å². The predicted molar refractivity (Wildman–Crippen MR) is 104 cm³/mol. The molecule has 5 heterocycles. The van der Waals surface area contributed by atoms with Gasteiger partial charge in [0.05, 0.1) is 36.9 Å². The Morgan fingerprint density at radius 1 is 0.786 bits per heavy atom. The van der Waals surface area contributed by atoms with Gasteiger partial charge in [0, 0.05) is 12.1 Å². The maximum Gasteiger partial charge on any atom is 0.131 e. The fourth-order valence-corrected chi connectivity index (χ4v) is 4.01. The maximum atomic E-state index is 4.74. The van der Waals surface area contributed by atoms with Gasteiger partial charge in [-0.15, -0.1) is 10.2 Å². The van der Waals surface area contributed by atoms with Crippen LogP contribution in [-0.4, -0.2) is 60.1 Å². The highest BCUT2D eigenvalue weighted by Crippen LogP contribution is 2.20. The zero-order valence-electron chi connectivity index (χ0n) is 15.8. The fraction of sp³-hybridized carbons (Fsp3) is 0.526. The van der Waals surface area contributed by atoms with E-state index >= 15 is 0 Å². The van der Waals surface area contributed by atoms with Gasteiger partial charge in [-0.1, -0.05) is 16.5 Å². The topological polar surface area (TPSA) is 98.4 Å². The Balaban J connectivity index is 1.31. The van der Waals surface area contributed by atoms with Crippen LogP contribution in [0.15, 0.2) is 30.6 Å². The Morgan fingerprint density at radius 3 is 1.79 bits per heavy atom. The molecule has 0 aliphatic carbocycles. The highest BCUT2D eigenvalue weighted by Gasteiger charge is 2.17. The van der Waals surface area contributed by atoms with E-state index in [1.807, 2.05) is 40.0 Å². The van der Waals surface area contributed by atoms with Crippen LogP contribution in [0.25, 0.3) is 22.8 Å². The zero-order valence-corrected chi connectivity index (χ0v) is 15.8. The van der Waals surface area contributed by atoms with Crippen LogP contribution in [0.2, 0.25) is 0 Å². The van der Waals surface area contributed by atoms with Gasteiger partial charge in [-0.3, -0.25) is 9.36 Å². The van der Waals surface area contributed by atoms with E-state index in [9.17, 15) is 0 Å². The largest absolute Gasteiger partial charge is 0.312 e. The molecule has 9 nitrogen and oxygen atoms in total. The first-order valence-corrected chi connectivity index (χ1v) is 10.1. The molecule has 146 valence electrons. The zero-order chi connectivity index (χ0) is 18.8. The standard InChI is InChI=1S/C19H25N9/c1-6-16(18-12-27(25-23-18)10-14-4-2-8-20-14)22-17(7-1)19-13-28(26-24-19)11-15-5-3-9-21-15/h1,6-7,12-15,20-21H,2-5,8-11H2/t14-,15-/m0/s1. The molecule has 2 aliphatic rings. The summed E-state index contributed by atoms with van der Waals surface area (Å²) in [4.78, 5) is 4.74. The third-order valence-electron chi connectivity index (χ3n) is 5.49. The van der Waals surface area contributed by atoms with Crippen LogP contribution in [0.5, 0.6) is 0 Å². The molecule has 3 aromatic rings. The summed E-state index contributed by atoms with van der Waals surface area (Å²) >= 11 is 0. The Labute approximate surface area is 163 Å². The van der Waals surface area contributed by atoms with Gasteiger partial charge in [-0.05, 0) is 50.9 Å². The summed E-state index contributed by atoms with van der Waals surface area (Å²) in [6.07, 6.45) is 8.77. The van der Waals surface area contributed by atoms with Crippen molar-refractivity contribution < 1.29 is 0 Å². The lowest BCUT2D eigenvalue weighted by molar-refractivity contribution is 0.466. The highest BCUT2D eigenvalue weighted by atomic mass is 15.4. The van der Waals surface area contributed by atoms with Crippen LogP contribution in [-0.2, 0) is 13.1 Å². The molecule has 2 saturated heterocycles. The van der Waals surface area contributed by atoms with Gasteiger partial charge in [-0.2, -0.15) is 0 Å². The molecule has 3 aromatic heterocycles. The van der Waals surface area contributed by atoms with Crippen LogP contribution in [0, 0.1) is 0 Å². The quantitative estimate of drug-likeness (QED) is 0.662. The van der Waals surface area contributed by atoms with E-state index in [2.05, 4.69) is 31.3 Å². The number of pyridine rings is 1. The fourth-order valence-electron chi connectivity index (χ4n) is 4.01. The van der Waals surface area contributed by atoms with Gasteiger partial charge >= 0.3 is 0 Å². The minimum Gasteiger partial charge on any atom is -0.312 e. The maximum absolute atomic E-state index is 4.74. The van der Waals surface area contributed by atoms with Gasteiger partial charge < -0.3 is 10.6 Å². The number of nitrogens with one attached hydrogen (secondary N) is 2. The minimum absolute atomic E-state index is 0.484. The average molecular weight is 379 g/mol. The average Bonchev–Trinajstić information content (AvgIpc) is 3.51. The number of hydrogen-bond donors (Lipinski definition) is 2. The van der Waals surface area contributed by atoms with E-state index in [1.165, 1.54) is 25.7 Å². The second-order valence-electron chi connectivity index (χ2n) is 7.65. The molecular formula is C19H25N9. The van der Waals surface area contributed by atoms with Gasteiger partial charge in [0.2, 0.25) is 0 Å². The van der Waals surface area contributed by atoms with Crippen molar-refractivity contribution in [2.75, 3.05) is 13.1 Å². The second-order valence-corrected chi connectivity index (χ2v) is 7.65. The monoisotopic (exact) mass is 379 g/mol. The van der Waals surface area contributed by atoms with Gasteiger partial charge in [-0.25, -0.2) is 4.98 Å². The minimum atomic E-state index is 0.484. The Hall–Kier alpha value is -2.65. The SMILES string of the molecule is c1cc(-c2cn(C[C@@H]3CCCN3)nn2)nc(-c2cn(C[C@@H]3CCCN3)nn2)c1. The molecule has 0 bridgehead atoms. The molecular weight excluding hydrogens is 354 g/mol. The van der Waals surface area contributed by atoms with Crippen molar-refractivity contribution in [3.63, 3.8) is 0 Å². The highest BCUT2D eigenvalue weighted by molar-refractivity contribution is 5.60. The van der Waals surface area contributed by atoms with E-state index in [0.29, 0.717) is 12.1 Å². The van der Waals surface area contributed by atoms with Gasteiger partial charge in [0.15, 0.2) is 0 Å². The number of aromatic nitrogens is 7. The van der Waals surface area contributed by atoms with Crippen molar-refractivity contribution in [2.24, 2.45) is 0 Å². The third-order valence-corrected chi connectivity index (χ3v) is 5.49. The summed E-state index contributed by atoms with van der Waals surface area (Å²) in [6, 6.07) is 6.86. The molecule has 2 atom stereocenters. The summed E-state index contributed by atoms with van der Waals surface area (Å²) in [5, 5.41) is 24.1. The van der Waals surface area contributed by atoms with E-state index in [4.69, 9.17) is 4.98 Å². The molecule has 0 aromatic carbocycles. The summed E-state index contributed by atoms with van der Waals surface area (Å²) in [7, 11) is 0. The van der Waals surface area contributed by atoms with Crippen LogP contribution in [0.1, 0.15) is 25.7 Å². The van der Waals surface area contributed by atoms with Gasteiger partial charge in [0.25, 0.3) is 0 Å². The molecule has 0 radical (unpaired) electrons. The van der Waals surface area contributed by atoms with Crippen LogP contribution >= 0.6 is 0 Å². The molecule has 2 N–H and O–H groups in total. The number of hydrogen-bond acceptors (Lipinski definition) is 7. The second kappa shape index (κ2) is 7.76. The van der Waals surface area contributed by atoms with Crippen molar-refractivity contribution in [2.45, 2.75) is 50.9 Å². The van der Waals surface area contributed by atoms with Crippen molar-refractivity contribution >= 4 is 0 Å². The van der Waals surface area contributed by atoms with Crippen molar-refractivity contribution in [3.8, 4) is 22.8 Å². The Bertz CT molecular complexity index is 847. The lowest BCUT2D eigenvalue weighted by Crippen LogP contribution is -2.26. The third kappa shape index (κ3) is 3.81. The first-order chi connectivity index (χ1) is 13.8.